The highest BCUT2D eigenvalue weighted by molar-refractivity contribution is 5.72. The molecule has 0 radical (unpaired) electrons. The van der Waals surface area contributed by atoms with Crippen LogP contribution in [-0.2, 0) is 28.6 Å². The number of aliphatic carboxylic acids is 1. The average Bonchev–Trinajstić information content (AvgIpc) is 3.27. The fourth-order valence-corrected chi connectivity index (χ4v) is 7.59. The van der Waals surface area contributed by atoms with Crippen molar-refractivity contribution in [2.24, 2.45) is 0 Å². The number of unbranched alkanes of at least 4 members (excludes halogenated alkanes) is 21. The monoisotopic (exact) mass is 911 g/mol. The van der Waals surface area contributed by atoms with Gasteiger partial charge in [-0.2, -0.15) is 0 Å². The zero-order valence-electron chi connectivity index (χ0n) is 42.7. The van der Waals surface area contributed by atoms with Crippen molar-refractivity contribution in [3.63, 3.8) is 0 Å². The fourth-order valence-electron chi connectivity index (χ4n) is 7.59. The number of carbonyl (C=O) groups is 3. The van der Waals surface area contributed by atoms with E-state index in [1.807, 2.05) is 21.1 Å². The molecule has 0 fully saturated rings. The van der Waals surface area contributed by atoms with E-state index in [4.69, 9.17) is 14.2 Å². The predicted octanol–water partition coefficient (Wildman–Crippen LogP) is 15.5. The minimum absolute atomic E-state index is 0.0560. The van der Waals surface area contributed by atoms with Crippen LogP contribution >= 0.6 is 0 Å². The van der Waals surface area contributed by atoms with E-state index in [0.717, 1.165) is 77.0 Å². The van der Waals surface area contributed by atoms with Crippen molar-refractivity contribution in [1.29, 1.82) is 0 Å². The Morgan fingerprint density at radius 3 is 1.20 bits per heavy atom. The lowest BCUT2D eigenvalue weighted by Crippen LogP contribution is -2.50. The highest BCUT2D eigenvalue weighted by atomic mass is 16.6. The van der Waals surface area contributed by atoms with E-state index in [1.54, 1.807) is 0 Å². The summed E-state index contributed by atoms with van der Waals surface area (Å²) in [5, 5.41) is 9.66. The van der Waals surface area contributed by atoms with Gasteiger partial charge in [-0.25, -0.2) is 4.79 Å². The second-order valence-corrected chi connectivity index (χ2v) is 18.7. The minimum Gasteiger partial charge on any atom is -0.477 e. The highest BCUT2D eigenvalue weighted by Crippen LogP contribution is 2.16. The van der Waals surface area contributed by atoms with E-state index in [1.165, 1.54) is 109 Å². The molecule has 0 spiro atoms. The summed E-state index contributed by atoms with van der Waals surface area (Å²) in [7, 11) is 5.53. The number of rotatable bonds is 47. The van der Waals surface area contributed by atoms with Crippen LogP contribution in [0.2, 0.25) is 0 Å². The van der Waals surface area contributed by atoms with E-state index < -0.39 is 18.1 Å². The second-order valence-electron chi connectivity index (χ2n) is 18.7. The topological polar surface area (TPSA) is 99.1 Å². The molecule has 0 amide bonds. The molecule has 0 saturated carbocycles. The van der Waals surface area contributed by atoms with Gasteiger partial charge in [-0.05, 0) is 77.0 Å². The number of carbonyl (C=O) groups excluding carboxylic acids is 2. The maximum absolute atomic E-state index is 12.8. The summed E-state index contributed by atoms with van der Waals surface area (Å²) < 4.78 is 17.4. The van der Waals surface area contributed by atoms with Crippen molar-refractivity contribution >= 4 is 17.9 Å². The molecule has 2 atom stereocenters. The number of carboxylic acids is 1. The van der Waals surface area contributed by atoms with Crippen LogP contribution in [0.25, 0.3) is 0 Å². The molecule has 0 rings (SSSR count). The molecular formula is C57H100NO7+. The molecule has 0 heterocycles. The van der Waals surface area contributed by atoms with Gasteiger partial charge in [-0.3, -0.25) is 9.59 Å². The molecule has 0 bridgehead atoms. The van der Waals surface area contributed by atoms with E-state index in [2.05, 4.69) is 86.8 Å². The Kier molecular flexibility index (Phi) is 44.9. The number of quaternary nitrogens is 1. The smallest absolute Gasteiger partial charge is 0.362 e. The third-order valence-corrected chi connectivity index (χ3v) is 11.6. The Morgan fingerprint density at radius 2 is 0.815 bits per heavy atom. The van der Waals surface area contributed by atoms with Crippen molar-refractivity contribution in [3.05, 3.63) is 72.9 Å². The standard InChI is InChI=1S/C57H99NO7/c1-6-8-10-12-14-16-18-20-22-24-26-28-30-32-34-36-38-40-42-44-46-48-56(60)65-53(51-63-50-49-54(57(61)62)58(3,4)5)52-64-55(59)47-45-43-41-39-37-35-33-31-29-27-25-23-21-19-17-15-13-11-9-7-2/h8-11,14-17,20-23,53-54H,6-7,12-13,18-19,24-52H2,1-5H3/p+1/b10-8+,11-9+,16-14+,17-15+,22-20+,23-21+. The molecular weight excluding hydrogens is 811 g/mol. The largest absolute Gasteiger partial charge is 0.477 e. The lowest BCUT2D eigenvalue weighted by Gasteiger charge is -2.31. The Labute approximate surface area is 400 Å². The Bertz CT molecular complexity index is 1290. The van der Waals surface area contributed by atoms with Crippen molar-refractivity contribution < 1.29 is 38.2 Å². The number of allylic oxidation sites excluding steroid dienone is 12. The van der Waals surface area contributed by atoms with Crippen molar-refractivity contribution in [2.75, 3.05) is 41.0 Å². The Hall–Kier alpha value is -3.23. The first-order chi connectivity index (χ1) is 31.6. The van der Waals surface area contributed by atoms with Crippen LogP contribution in [0.1, 0.15) is 219 Å². The molecule has 0 aliphatic rings. The maximum atomic E-state index is 12.8. The molecule has 0 aliphatic carbocycles. The summed E-state index contributed by atoms with van der Waals surface area (Å²) in [6.45, 7) is 4.53. The molecule has 0 saturated heterocycles. The van der Waals surface area contributed by atoms with Gasteiger partial charge in [0.1, 0.15) is 6.61 Å². The van der Waals surface area contributed by atoms with Gasteiger partial charge < -0.3 is 23.8 Å². The van der Waals surface area contributed by atoms with Crippen LogP contribution in [0.4, 0.5) is 0 Å². The van der Waals surface area contributed by atoms with Crippen LogP contribution in [0.5, 0.6) is 0 Å². The fraction of sp³-hybridized carbons (Fsp3) is 0.737. The van der Waals surface area contributed by atoms with Crippen LogP contribution < -0.4 is 0 Å². The first-order valence-electron chi connectivity index (χ1n) is 26.5. The van der Waals surface area contributed by atoms with Crippen LogP contribution in [0.3, 0.4) is 0 Å². The molecule has 374 valence electrons. The second kappa shape index (κ2) is 47.3. The molecule has 0 aromatic heterocycles. The number of carboxylic acid groups (broad SMARTS) is 1. The molecule has 2 unspecified atom stereocenters. The molecule has 1 N–H and O–H groups in total. The number of nitrogens with zero attached hydrogens (tertiary/aromatic N) is 1. The molecule has 0 aliphatic heterocycles. The van der Waals surface area contributed by atoms with Crippen LogP contribution in [0.15, 0.2) is 72.9 Å². The third kappa shape index (κ3) is 45.7. The van der Waals surface area contributed by atoms with Gasteiger partial charge in [0, 0.05) is 19.3 Å². The van der Waals surface area contributed by atoms with E-state index in [9.17, 15) is 19.5 Å². The van der Waals surface area contributed by atoms with Crippen LogP contribution in [-0.4, -0.2) is 80.6 Å². The number of likely N-dealkylation sites (N-methyl/N-ethyl adjacent to an activating group) is 1. The Morgan fingerprint density at radius 1 is 0.462 bits per heavy atom. The average molecular weight is 911 g/mol. The van der Waals surface area contributed by atoms with Crippen molar-refractivity contribution in [2.45, 2.75) is 231 Å². The Balaban J connectivity index is 4.22. The summed E-state index contributed by atoms with van der Waals surface area (Å²) in [6.07, 6.45) is 60.9. The van der Waals surface area contributed by atoms with Crippen molar-refractivity contribution in [3.8, 4) is 0 Å². The van der Waals surface area contributed by atoms with Crippen molar-refractivity contribution in [1.82, 2.24) is 0 Å². The maximum Gasteiger partial charge on any atom is 0.362 e. The summed E-state index contributed by atoms with van der Waals surface area (Å²) >= 11 is 0. The van der Waals surface area contributed by atoms with Gasteiger partial charge in [-0.15, -0.1) is 0 Å². The number of esters is 2. The predicted molar refractivity (Wildman–Crippen MR) is 275 cm³/mol. The molecule has 8 heteroatoms. The van der Waals surface area contributed by atoms with Crippen LogP contribution in [0, 0.1) is 0 Å². The zero-order valence-corrected chi connectivity index (χ0v) is 42.7. The minimum atomic E-state index is -0.876. The lowest BCUT2D eigenvalue weighted by atomic mass is 10.0. The van der Waals surface area contributed by atoms with Gasteiger partial charge >= 0.3 is 17.9 Å². The number of hydrogen-bond acceptors (Lipinski definition) is 6. The zero-order chi connectivity index (χ0) is 47.7. The molecule has 0 aromatic rings. The van der Waals surface area contributed by atoms with Gasteiger partial charge in [0.25, 0.3) is 0 Å². The van der Waals surface area contributed by atoms with Gasteiger partial charge in [0.05, 0.1) is 34.4 Å². The van der Waals surface area contributed by atoms with Gasteiger partial charge in [0.15, 0.2) is 12.1 Å². The lowest BCUT2D eigenvalue weighted by molar-refractivity contribution is -0.887. The summed E-state index contributed by atoms with van der Waals surface area (Å²) in [6, 6.07) is -0.619. The SMILES string of the molecule is CC/C=C/C/C=C/C/C=C/CCCCCCCCCCCCCC(=O)OC(COCCC(C(=O)O)[N+](C)(C)C)COC(=O)CCCCCCCCCCCC/C=C/C/C=C/C/C=C/CC. The highest BCUT2D eigenvalue weighted by Gasteiger charge is 2.31. The number of hydrogen-bond donors (Lipinski definition) is 1. The molecule has 8 nitrogen and oxygen atoms in total. The van der Waals surface area contributed by atoms with E-state index >= 15 is 0 Å². The normalized spacial score (nSPS) is 13.4. The van der Waals surface area contributed by atoms with Gasteiger partial charge in [-0.1, -0.05) is 196 Å². The first kappa shape index (κ1) is 61.8. The quantitative estimate of drug-likeness (QED) is 0.0281. The van der Waals surface area contributed by atoms with E-state index in [-0.39, 0.29) is 36.2 Å². The molecule has 65 heavy (non-hydrogen) atoms. The summed E-state index contributed by atoms with van der Waals surface area (Å²) in [4.78, 5) is 37.2. The first-order valence-corrected chi connectivity index (χ1v) is 26.5. The van der Waals surface area contributed by atoms with E-state index in [0.29, 0.717) is 19.3 Å². The van der Waals surface area contributed by atoms with Gasteiger partial charge in [0.2, 0.25) is 0 Å². The summed E-state index contributed by atoms with van der Waals surface area (Å²) in [5.41, 5.74) is 0. The third-order valence-electron chi connectivity index (χ3n) is 11.6. The summed E-state index contributed by atoms with van der Waals surface area (Å²) in [5.74, 6) is -1.47. The molecule has 0 aromatic carbocycles. The number of ether oxygens (including phenoxy) is 3.